The summed E-state index contributed by atoms with van der Waals surface area (Å²) in [5, 5.41) is 7.20. The zero-order valence-electron chi connectivity index (χ0n) is 16.2. The Morgan fingerprint density at radius 3 is 2.64 bits per heavy atom. The van der Waals surface area contributed by atoms with Gasteiger partial charge in [0.15, 0.2) is 5.96 Å². The summed E-state index contributed by atoms with van der Waals surface area (Å²) in [6.07, 6.45) is 6.31. The molecule has 3 saturated heterocycles. The lowest BCUT2D eigenvalue weighted by atomic mass is 9.98. The SMILES string of the molecule is CN=C(NCC1CCCN(C)C1)NC1CCN(CC2CCOC2)CC1. The number of ether oxygens (including phenoxy) is 1. The molecule has 6 heteroatoms. The van der Waals surface area contributed by atoms with E-state index in [4.69, 9.17) is 4.74 Å². The Labute approximate surface area is 153 Å². The monoisotopic (exact) mass is 351 g/mol. The van der Waals surface area contributed by atoms with Gasteiger partial charge in [0.05, 0.1) is 6.61 Å². The molecule has 3 aliphatic heterocycles. The Bertz CT molecular complexity index is 416. The van der Waals surface area contributed by atoms with Gasteiger partial charge in [-0.2, -0.15) is 0 Å². The third-order valence-electron chi connectivity index (χ3n) is 5.97. The maximum Gasteiger partial charge on any atom is 0.191 e. The Morgan fingerprint density at radius 1 is 1.12 bits per heavy atom. The first kappa shape index (κ1) is 18.9. The number of nitrogens with one attached hydrogen (secondary N) is 2. The van der Waals surface area contributed by atoms with Gasteiger partial charge >= 0.3 is 0 Å². The average Bonchev–Trinajstić information content (AvgIpc) is 3.13. The normalized spacial score (nSPS) is 30.6. The van der Waals surface area contributed by atoms with Crippen molar-refractivity contribution in [3.05, 3.63) is 0 Å². The van der Waals surface area contributed by atoms with Crippen LogP contribution in [-0.2, 0) is 4.74 Å². The minimum absolute atomic E-state index is 0.552. The molecule has 144 valence electrons. The van der Waals surface area contributed by atoms with E-state index in [-0.39, 0.29) is 0 Å². The lowest BCUT2D eigenvalue weighted by Crippen LogP contribution is -2.50. The highest BCUT2D eigenvalue weighted by molar-refractivity contribution is 5.79. The maximum absolute atomic E-state index is 5.50. The zero-order chi connectivity index (χ0) is 17.5. The molecule has 2 N–H and O–H groups in total. The molecule has 0 saturated carbocycles. The topological polar surface area (TPSA) is 52.1 Å². The molecule has 0 aromatic rings. The molecule has 3 aliphatic rings. The molecular weight excluding hydrogens is 314 g/mol. The summed E-state index contributed by atoms with van der Waals surface area (Å²) in [4.78, 5) is 9.50. The van der Waals surface area contributed by atoms with Gasteiger partial charge in [-0.15, -0.1) is 0 Å². The number of hydrogen-bond donors (Lipinski definition) is 2. The second-order valence-electron chi connectivity index (χ2n) is 8.17. The van der Waals surface area contributed by atoms with Gasteiger partial charge in [-0.05, 0) is 57.5 Å². The molecule has 3 fully saturated rings. The van der Waals surface area contributed by atoms with Gasteiger partial charge in [0.1, 0.15) is 0 Å². The molecule has 2 unspecified atom stereocenters. The van der Waals surface area contributed by atoms with Crippen LogP contribution >= 0.6 is 0 Å². The Hall–Kier alpha value is -0.850. The van der Waals surface area contributed by atoms with Crippen LogP contribution in [0, 0.1) is 11.8 Å². The lowest BCUT2D eigenvalue weighted by molar-refractivity contribution is 0.150. The molecule has 0 radical (unpaired) electrons. The predicted molar refractivity (Wildman–Crippen MR) is 103 cm³/mol. The van der Waals surface area contributed by atoms with E-state index in [0.717, 1.165) is 37.6 Å². The van der Waals surface area contributed by atoms with Crippen molar-refractivity contribution in [1.82, 2.24) is 20.4 Å². The summed E-state index contributed by atoms with van der Waals surface area (Å²) in [6.45, 7) is 9.01. The molecular formula is C19H37N5O. The van der Waals surface area contributed by atoms with Crippen molar-refractivity contribution >= 4 is 5.96 Å². The number of guanidine groups is 1. The highest BCUT2D eigenvalue weighted by Gasteiger charge is 2.24. The van der Waals surface area contributed by atoms with Crippen LogP contribution in [0.5, 0.6) is 0 Å². The van der Waals surface area contributed by atoms with Crippen LogP contribution in [0.1, 0.15) is 32.1 Å². The second kappa shape index (κ2) is 9.74. The van der Waals surface area contributed by atoms with Gasteiger partial charge in [-0.25, -0.2) is 0 Å². The fourth-order valence-electron chi connectivity index (χ4n) is 4.42. The summed E-state index contributed by atoms with van der Waals surface area (Å²) in [5.74, 6) is 2.48. The van der Waals surface area contributed by atoms with Crippen molar-refractivity contribution in [3.8, 4) is 0 Å². The third-order valence-corrected chi connectivity index (χ3v) is 5.97. The zero-order valence-corrected chi connectivity index (χ0v) is 16.2. The fourth-order valence-corrected chi connectivity index (χ4v) is 4.42. The smallest absolute Gasteiger partial charge is 0.191 e. The van der Waals surface area contributed by atoms with Gasteiger partial charge < -0.3 is 25.2 Å². The first-order valence-electron chi connectivity index (χ1n) is 10.2. The van der Waals surface area contributed by atoms with E-state index in [9.17, 15) is 0 Å². The molecule has 0 bridgehead atoms. The summed E-state index contributed by atoms with van der Waals surface area (Å²) >= 11 is 0. The quantitative estimate of drug-likeness (QED) is 0.572. The van der Waals surface area contributed by atoms with Crippen LogP contribution in [0.15, 0.2) is 4.99 Å². The van der Waals surface area contributed by atoms with Crippen molar-refractivity contribution in [2.24, 2.45) is 16.8 Å². The van der Waals surface area contributed by atoms with E-state index in [1.165, 1.54) is 64.8 Å². The van der Waals surface area contributed by atoms with Gasteiger partial charge in [0.2, 0.25) is 0 Å². The number of aliphatic imine (C=N–C) groups is 1. The number of hydrogen-bond acceptors (Lipinski definition) is 4. The number of nitrogens with zero attached hydrogens (tertiary/aromatic N) is 3. The van der Waals surface area contributed by atoms with Crippen molar-refractivity contribution in [2.45, 2.75) is 38.1 Å². The summed E-state index contributed by atoms with van der Waals surface area (Å²) in [7, 11) is 4.11. The van der Waals surface area contributed by atoms with E-state index in [1.54, 1.807) is 0 Å². The maximum atomic E-state index is 5.50. The van der Waals surface area contributed by atoms with Gasteiger partial charge in [-0.3, -0.25) is 4.99 Å². The summed E-state index contributed by atoms with van der Waals surface area (Å²) < 4.78 is 5.50. The van der Waals surface area contributed by atoms with Crippen molar-refractivity contribution < 1.29 is 4.74 Å². The Balaban J connectivity index is 1.33. The van der Waals surface area contributed by atoms with Crippen LogP contribution in [0.3, 0.4) is 0 Å². The molecule has 6 nitrogen and oxygen atoms in total. The number of rotatable bonds is 5. The average molecular weight is 352 g/mol. The van der Waals surface area contributed by atoms with Gasteiger partial charge in [-0.1, -0.05) is 0 Å². The van der Waals surface area contributed by atoms with Crippen molar-refractivity contribution in [1.29, 1.82) is 0 Å². The van der Waals surface area contributed by atoms with E-state index in [0.29, 0.717) is 6.04 Å². The van der Waals surface area contributed by atoms with Gasteiger partial charge in [0.25, 0.3) is 0 Å². The first-order valence-corrected chi connectivity index (χ1v) is 10.2. The first-order chi connectivity index (χ1) is 12.2. The molecule has 3 heterocycles. The molecule has 0 aromatic carbocycles. The molecule has 2 atom stereocenters. The molecule has 25 heavy (non-hydrogen) atoms. The van der Waals surface area contributed by atoms with E-state index >= 15 is 0 Å². The Kier molecular flexibility index (Phi) is 7.37. The highest BCUT2D eigenvalue weighted by atomic mass is 16.5. The fraction of sp³-hybridized carbons (Fsp3) is 0.947. The molecule has 3 rings (SSSR count). The van der Waals surface area contributed by atoms with E-state index in [2.05, 4.69) is 32.5 Å². The summed E-state index contributed by atoms with van der Waals surface area (Å²) in [5.41, 5.74) is 0. The highest BCUT2D eigenvalue weighted by Crippen LogP contribution is 2.18. The van der Waals surface area contributed by atoms with E-state index in [1.807, 2.05) is 7.05 Å². The minimum atomic E-state index is 0.552. The van der Waals surface area contributed by atoms with Crippen LogP contribution in [0.4, 0.5) is 0 Å². The van der Waals surface area contributed by atoms with Crippen molar-refractivity contribution in [3.63, 3.8) is 0 Å². The summed E-state index contributed by atoms with van der Waals surface area (Å²) in [6, 6.07) is 0.552. The second-order valence-corrected chi connectivity index (χ2v) is 8.17. The van der Waals surface area contributed by atoms with Crippen LogP contribution in [-0.4, -0.2) is 88.4 Å². The lowest BCUT2D eigenvalue weighted by Gasteiger charge is -2.34. The number of piperidine rings is 2. The molecule has 0 aromatic heterocycles. The minimum Gasteiger partial charge on any atom is -0.381 e. The van der Waals surface area contributed by atoms with Crippen molar-refractivity contribution in [2.75, 3.05) is 66.6 Å². The third kappa shape index (κ3) is 6.12. The molecule has 0 amide bonds. The van der Waals surface area contributed by atoms with E-state index < -0.39 is 0 Å². The van der Waals surface area contributed by atoms with Crippen LogP contribution < -0.4 is 10.6 Å². The standard InChI is InChI=1S/C19H37N5O/c1-20-19(21-12-16-4-3-8-23(2)13-16)22-18-5-9-24(10-6-18)14-17-7-11-25-15-17/h16-18H,3-15H2,1-2H3,(H2,20,21,22). The van der Waals surface area contributed by atoms with Gasteiger partial charge in [0, 0.05) is 52.4 Å². The Morgan fingerprint density at radius 2 is 1.96 bits per heavy atom. The van der Waals surface area contributed by atoms with Crippen LogP contribution in [0.2, 0.25) is 0 Å². The molecule has 0 aliphatic carbocycles. The predicted octanol–water partition coefficient (Wildman–Crippen LogP) is 0.994. The molecule has 0 spiro atoms. The largest absolute Gasteiger partial charge is 0.381 e. The van der Waals surface area contributed by atoms with Crippen LogP contribution in [0.25, 0.3) is 0 Å². The number of likely N-dealkylation sites (tertiary alicyclic amines) is 2.